The van der Waals surface area contributed by atoms with Crippen LogP contribution in [0.15, 0.2) is 18.2 Å². The Kier molecular flexibility index (Phi) is 3.67. The Hall–Kier alpha value is -2.50. The highest BCUT2D eigenvalue weighted by atomic mass is 16.5. The van der Waals surface area contributed by atoms with Gasteiger partial charge in [0, 0.05) is 31.4 Å². The number of imidazole rings is 1. The molecule has 0 saturated heterocycles. The van der Waals surface area contributed by atoms with E-state index in [1.54, 1.807) is 14.2 Å². The van der Waals surface area contributed by atoms with Gasteiger partial charge in [-0.05, 0) is 30.5 Å². The molecule has 1 amide bonds. The Bertz CT molecular complexity index is 775. The molecule has 2 aromatic rings. The van der Waals surface area contributed by atoms with Crippen LogP contribution >= 0.6 is 0 Å². The van der Waals surface area contributed by atoms with Crippen LogP contribution in [0.2, 0.25) is 0 Å². The molecule has 0 unspecified atom stereocenters. The largest absolute Gasteiger partial charge is 0.497 e. The number of amides is 1. The van der Waals surface area contributed by atoms with Crippen molar-refractivity contribution >= 4 is 11.7 Å². The molecular weight excluding hydrogens is 306 g/mol. The molecule has 1 aromatic heterocycles. The maximum atomic E-state index is 12.3. The molecule has 2 aliphatic heterocycles. The molecule has 1 N–H and O–H groups in total. The van der Waals surface area contributed by atoms with Crippen molar-refractivity contribution in [3.8, 4) is 11.5 Å². The van der Waals surface area contributed by atoms with Crippen molar-refractivity contribution in [3.05, 3.63) is 35.3 Å². The normalized spacial score (nSPS) is 19.2. The summed E-state index contributed by atoms with van der Waals surface area (Å²) in [5.41, 5.74) is 1.96. The van der Waals surface area contributed by atoms with Crippen LogP contribution in [0.1, 0.15) is 42.3 Å². The van der Waals surface area contributed by atoms with Gasteiger partial charge in [0.25, 0.3) is 0 Å². The number of nitrogens with zero attached hydrogens (tertiary/aromatic N) is 2. The van der Waals surface area contributed by atoms with Crippen molar-refractivity contribution in [2.24, 2.45) is 0 Å². The van der Waals surface area contributed by atoms with E-state index in [2.05, 4.69) is 9.88 Å². The highest BCUT2D eigenvalue weighted by Crippen LogP contribution is 2.40. The van der Waals surface area contributed by atoms with Gasteiger partial charge >= 0.3 is 0 Å². The van der Waals surface area contributed by atoms with Gasteiger partial charge in [-0.1, -0.05) is 0 Å². The van der Waals surface area contributed by atoms with Crippen LogP contribution in [-0.4, -0.2) is 29.7 Å². The van der Waals surface area contributed by atoms with Crippen molar-refractivity contribution in [1.82, 2.24) is 9.55 Å². The number of carbonyl (C=O) groups is 1. The number of hydrogen-bond donors (Lipinski definition) is 1. The highest BCUT2D eigenvalue weighted by Gasteiger charge is 2.33. The smallest absolute Gasteiger partial charge is 0.226 e. The van der Waals surface area contributed by atoms with E-state index in [0.717, 1.165) is 60.2 Å². The number of anilines is 1. The fraction of sp³-hybridized carbons (Fsp3) is 0.444. The van der Waals surface area contributed by atoms with Gasteiger partial charge in [-0.25, -0.2) is 4.98 Å². The summed E-state index contributed by atoms with van der Waals surface area (Å²) in [4.78, 5) is 17.1. The summed E-state index contributed by atoms with van der Waals surface area (Å²) in [5.74, 6) is 3.35. The van der Waals surface area contributed by atoms with Gasteiger partial charge in [-0.3, -0.25) is 4.79 Å². The standard InChI is InChI=1S/C18H21N3O3/c1-23-12-7-11(8-13(9-12)24-2)14-10-16(22)20-18-17(14)19-15-5-3-4-6-21(15)18/h7-9,14H,3-6,10H2,1-2H3,(H,20,22)/t14-/m0/s1. The molecule has 0 saturated carbocycles. The second-order valence-electron chi connectivity index (χ2n) is 6.32. The number of carbonyl (C=O) groups excluding carboxylic acids is 1. The van der Waals surface area contributed by atoms with E-state index in [1.165, 1.54) is 0 Å². The Balaban J connectivity index is 1.83. The van der Waals surface area contributed by atoms with Crippen molar-refractivity contribution in [1.29, 1.82) is 0 Å². The fourth-order valence-corrected chi connectivity index (χ4v) is 3.65. The number of hydrogen-bond acceptors (Lipinski definition) is 4. The molecular formula is C18H21N3O3. The molecule has 2 aliphatic rings. The first kappa shape index (κ1) is 15.1. The SMILES string of the molecule is COc1cc(OC)cc([C@@H]2CC(=O)Nc3c2nc2n3CCCC2)c1. The molecule has 4 rings (SSSR count). The van der Waals surface area contributed by atoms with E-state index in [4.69, 9.17) is 14.5 Å². The summed E-state index contributed by atoms with van der Waals surface area (Å²) in [6, 6.07) is 5.77. The van der Waals surface area contributed by atoms with Gasteiger partial charge in [0.1, 0.15) is 23.1 Å². The van der Waals surface area contributed by atoms with Gasteiger partial charge in [0.05, 0.1) is 19.9 Å². The van der Waals surface area contributed by atoms with Crippen molar-refractivity contribution in [2.75, 3.05) is 19.5 Å². The minimum Gasteiger partial charge on any atom is -0.497 e. The summed E-state index contributed by atoms with van der Waals surface area (Å²) in [6.07, 6.45) is 3.64. The number of aryl methyl sites for hydroxylation is 1. The van der Waals surface area contributed by atoms with Crippen LogP contribution in [0.5, 0.6) is 11.5 Å². The lowest BCUT2D eigenvalue weighted by Crippen LogP contribution is -2.25. The van der Waals surface area contributed by atoms with Gasteiger partial charge in [0.2, 0.25) is 5.91 Å². The van der Waals surface area contributed by atoms with E-state index in [0.29, 0.717) is 6.42 Å². The molecule has 0 radical (unpaired) electrons. The van der Waals surface area contributed by atoms with E-state index in [1.807, 2.05) is 18.2 Å². The molecule has 6 heteroatoms. The van der Waals surface area contributed by atoms with Crippen LogP contribution in [-0.2, 0) is 17.8 Å². The maximum Gasteiger partial charge on any atom is 0.226 e. The molecule has 1 aromatic carbocycles. The second-order valence-corrected chi connectivity index (χ2v) is 6.32. The maximum absolute atomic E-state index is 12.3. The molecule has 0 bridgehead atoms. The molecule has 0 fully saturated rings. The van der Waals surface area contributed by atoms with E-state index >= 15 is 0 Å². The van der Waals surface area contributed by atoms with Gasteiger partial charge < -0.3 is 19.4 Å². The lowest BCUT2D eigenvalue weighted by atomic mass is 9.89. The van der Waals surface area contributed by atoms with Crippen LogP contribution in [0.25, 0.3) is 0 Å². The number of methoxy groups -OCH3 is 2. The number of ether oxygens (including phenoxy) is 2. The first-order valence-corrected chi connectivity index (χ1v) is 8.31. The van der Waals surface area contributed by atoms with E-state index < -0.39 is 0 Å². The molecule has 6 nitrogen and oxygen atoms in total. The first-order valence-electron chi connectivity index (χ1n) is 8.31. The molecule has 24 heavy (non-hydrogen) atoms. The average molecular weight is 327 g/mol. The van der Waals surface area contributed by atoms with Crippen LogP contribution in [0, 0.1) is 0 Å². The zero-order chi connectivity index (χ0) is 16.7. The predicted molar refractivity (Wildman–Crippen MR) is 89.8 cm³/mol. The number of fused-ring (bicyclic) bond motifs is 3. The summed E-state index contributed by atoms with van der Waals surface area (Å²) in [5, 5.41) is 3.02. The number of rotatable bonds is 3. The van der Waals surface area contributed by atoms with Crippen molar-refractivity contribution < 1.29 is 14.3 Å². The second kappa shape index (κ2) is 5.85. The number of nitrogens with one attached hydrogen (secondary N) is 1. The summed E-state index contributed by atoms with van der Waals surface area (Å²) < 4.78 is 12.9. The quantitative estimate of drug-likeness (QED) is 0.941. The van der Waals surface area contributed by atoms with Crippen LogP contribution in [0.3, 0.4) is 0 Å². The third-order valence-electron chi connectivity index (χ3n) is 4.86. The number of benzene rings is 1. The Morgan fingerprint density at radius 2 is 1.92 bits per heavy atom. The van der Waals surface area contributed by atoms with Crippen molar-refractivity contribution in [2.45, 2.75) is 38.1 Å². The molecule has 126 valence electrons. The topological polar surface area (TPSA) is 65.4 Å². The molecule has 1 atom stereocenters. The van der Waals surface area contributed by atoms with Crippen LogP contribution < -0.4 is 14.8 Å². The Morgan fingerprint density at radius 3 is 2.62 bits per heavy atom. The predicted octanol–water partition coefficient (Wildman–Crippen LogP) is 2.71. The van der Waals surface area contributed by atoms with E-state index in [9.17, 15) is 4.79 Å². The Labute approximate surface area is 140 Å². The highest BCUT2D eigenvalue weighted by molar-refractivity contribution is 5.94. The monoisotopic (exact) mass is 327 g/mol. The lowest BCUT2D eigenvalue weighted by Gasteiger charge is -2.24. The fourth-order valence-electron chi connectivity index (χ4n) is 3.65. The van der Waals surface area contributed by atoms with E-state index in [-0.39, 0.29) is 11.8 Å². The van der Waals surface area contributed by atoms with Gasteiger partial charge in [-0.2, -0.15) is 0 Å². The van der Waals surface area contributed by atoms with Gasteiger partial charge in [-0.15, -0.1) is 0 Å². The van der Waals surface area contributed by atoms with Crippen LogP contribution in [0.4, 0.5) is 5.82 Å². The summed E-state index contributed by atoms with van der Waals surface area (Å²) in [7, 11) is 3.26. The lowest BCUT2D eigenvalue weighted by molar-refractivity contribution is -0.116. The molecule has 0 aliphatic carbocycles. The average Bonchev–Trinajstić information content (AvgIpc) is 2.99. The van der Waals surface area contributed by atoms with Gasteiger partial charge in [0.15, 0.2) is 0 Å². The first-order chi connectivity index (χ1) is 11.7. The third kappa shape index (κ3) is 2.42. The third-order valence-corrected chi connectivity index (χ3v) is 4.86. The summed E-state index contributed by atoms with van der Waals surface area (Å²) >= 11 is 0. The minimum absolute atomic E-state index is 0.0301. The van der Waals surface area contributed by atoms with Crippen molar-refractivity contribution in [3.63, 3.8) is 0 Å². The molecule has 0 spiro atoms. The Morgan fingerprint density at radius 1 is 1.17 bits per heavy atom. The zero-order valence-corrected chi connectivity index (χ0v) is 14.0. The minimum atomic E-state index is -0.0733. The number of aromatic nitrogens is 2. The zero-order valence-electron chi connectivity index (χ0n) is 14.0. The summed E-state index contributed by atoms with van der Waals surface area (Å²) in [6.45, 7) is 0.923. The molecule has 3 heterocycles.